The molecule has 4 nitrogen and oxygen atoms in total. The number of nitrogens with one attached hydrogen (secondary N) is 1. The number of hydrogen-bond donors (Lipinski definition) is 1. The fourth-order valence-electron chi connectivity index (χ4n) is 1.66. The maximum atomic E-state index is 11.5. The van der Waals surface area contributed by atoms with E-state index >= 15 is 0 Å². The van der Waals surface area contributed by atoms with Gasteiger partial charge in [0.15, 0.2) is 11.2 Å². The largest absolute Gasteiger partial charge is 0.519 e. The molecule has 0 saturated heterocycles. The van der Waals surface area contributed by atoms with Crippen molar-refractivity contribution in [2.75, 3.05) is 0 Å². The van der Waals surface area contributed by atoms with Crippen LogP contribution >= 0.6 is 0 Å². The Bertz CT molecular complexity index is 715. The second kappa shape index (κ2) is 3.83. The Morgan fingerprint density at radius 3 is 1.76 bits per heavy atom. The van der Waals surface area contributed by atoms with Crippen LogP contribution in [0, 0.1) is 0 Å². The van der Waals surface area contributed by atoms with Gasteiger partial charge >= 0.3 is 5.82 Å². The molecule has 17 heavy (non-hydrogen) atoms. The zero-order chi connectivity index (χ0) is 11.7. The van der Waals surface area contributed by atoms with E-state index in [0.29, 0.717) is 11.2 Å². The molecule has 0 saturated carbocycles. The van der Waals surface area contributed by atoms with Gasteiger partial charge in [0.2, 0.25) is 0 Å². The van der Waals surface area contributed by atoms with Crippen molar-refractivity contribution in [3.63, 3.8) is 0 Å². The van der Waals surface area contributed by atoms with Crippen LogP contribution in [0.15, 0.2) is 62.2 Å². The standard InChI is InChI=1S/C13H9NO3/c15-13-16-11-7-3-1-5-9(11)14-10-6-2-4-8-12(10)17-13/h1-8,14H. The van der Waals surface area contributed by atoms with Gasteiger partial charge in [-0.25, -0.2) is 4.79 Å². The number of fused-ring (bicyclic) bond motifs is 2. The van der Waals surface area contributed by atoms with Crippen LogP contribution in [0.4, 0.5) is 0 Å². The van der Waals surface area contributed by atoms with Gasteiger partial charge < -0.3 is 13.8 Å². The Morgan fingerprint density at radius 1 is 0.765 bits per heavy atom. The highest BCUT2D eigenvalue weighted by molar-refractivity contribution is 5.78. The van der Waals surface area contributed by atoms with E-state index in [0.717, 1.165) is 11.0 Å². The summed E-state index contributed by atoms with van der Waals surface area (Å²) in [7, 11) is 0. The number of aromatic nitrogens is 1. The predicted molar refractivity (Wildman–Crippen MR) is 64.2 cm³/mol. The lowest BCUT2D eigenvalue weighted by Crippen LogP contribution is -1.94. The van der Waals surface area contributed by atoms with Crippen LogP contribution in [-0.2, 0) is 0 Å². The first-order valence-corrected chi connectivity index (χ1v) is 5.18. The molecule has 0 unspecified atom stereocenters. The van der Waals surface area contributed by atoms with Crippen LogP contribution in [-0.4, -0.2) is 4.98 Å². The lowest BCUT2D eigenvalue weighted by molar-refractivity contribution is 0.374. The van der Waals surface area contributed by atoms with E-state index in [4.69, 9.17) is 8.83 Å². The number of aromatic amines is 1. The summed E-state index contributed by atoms with van der Waals surface area (Å²) in [6, 6.07) is 14.4. The van der Waals surface area contributed by atoms with Gasteiger partial charge in [-0.2, -0.15) is 0 Å². The Kier molecular flexibility index (Phi) is 2.19. The molecule has 0 fully saturated rings. The number of H-pyrrole nitrogens is 1. The van der Waals surface area contributed by atoms with Crippen molar-refractivity contribution in [3.05, 3.63) is 59.1 Å². The maximum Gasteiger partial charge on any atom is 0.519 e. The average molecular weight is 227 g/mol. The Labute approximate surface area is 95.8 Å². The molecular weight excluding hydrogens is 218 g/mol. The van der Waals surface area contributed by atoms with E-state index in [-0.39, 0.29) is 0 Å². The first-order valence-electron chi connectivity index (χ1n) is 5.18. The lowest BCUT2D eigenvalue weighted by Gasteiger charge is -1.96. The van der Waals surface area contributed by atoms with Crippen molar-refractivity contribution in [2.45, 2.75) is 0 Å². The van der Waals surface area contributed by atoms with Crippen molar-refractivity contribution in [1.82, 2.24) is 4.98 Å². The summed E-state index contributed by atoms with van der Waals surface area (Å²) in [5, 5.41) is 0. The highest BCUT2D eigenvalue weighted by Crippen LogP contribution is 2.12. The Morgan fingerprint density at radius 2 is 1.24 bits per heavy atom. The van der Waals surface area contributed by atoms with Gasteiger partial charge in [0.1, 0.15) is 0 Å². The Balaban J connectivity index is 2.59. The maximum absolute atomic E-state index is 11.5. The molecule has 1 heterocycles. The summed E-state index contributed by atoms with van der Waals surface area (Å²) >= 11 is 0. The highest BCUT2D eigenvalue weighted by Gasteiger charge is 1.97. The van der Waals surface area contributed by atoms with Crippen molar-refractivity contribution in [3.8, 4) is 0 Å². The zero-order valence-corrected chi connectivity index (χ0v) is 8.84. The van der Waals surface area contributed by atoms with Crippen LogP contribution in [0.1, 0.15) is 0 Å². The molecule has 0 aliphatic carbocycles. The van der Waals surface area contributed by atoms with Crippen LogP contribution < -0.4 is 5.82 Å². The van der Waals surface area contributed by atoms with Gasteiger partial charge in [-0.05, 0) is 24.3 Å². The minimum Gasteiger partial charge on any atom is -0.392 e. The van der Waals surface area contributed by atoms with E-state index in [9.17, 15) is 4.79 Å². The lowest BCUT2D eigenvalue weighted by atomic mass is 10.3. The molecule has 2 aromatic carbocycles. The summed E-state index contributed by atoms with van der Waals surface area (Å²) < 4.78 is 10.1. The van der Waals surface area contributed by atoms with Gasteiger partial charge in [0.05, 0.1) is 11.0 Å². The monoisotopic (exact) mass is 227 g/mol. The van der Waals surface area contributed by atoms with Gasteiger partial charge in [-0.15, -0.1) is 0 Å². The van der Waals surface area contributed by atoms with Crippen molar-refractivity contribution in [1.29, 1.82) is 0 Å². The van der Waals surface area contributed by atoms with E-state index in [1.807, 2.05) is 24.3 Å². The summed E-state index contributed by atoms with van der Waals surface area (Å²) in [5.74, 6) is -0.730. The molecule has 0 aliphatic heterocycles. The molecule has 84 valence electrons. The smallest absolute Gasteiger partial charge is 0.392 e. The molecule has 0 amide bonds. The molecule has 1 N–H and O–H groups in total. The van der Waals surface area contributed by atoms with E-state index in [1.165, 1.54) is 0 Å². The summed E-state index contributed by atoms with van der Waals surface area (Å²) in [6.45, 7) is 0. The first kappa shape index (κ1) is 9.72. The number of para-hydroxylation sites is 4. The third-order valence-electron chi connectivity index (χ3n) is 2.43. The second-order valence-corrected chi connectivity index (χ2v) is 3.57. The van der Waals surface area contributed by atoms with Crippen LogP contribution in [0.2, 0.25) is 0 Å². The molecule has 3 aromatic rings. The molecule has 1 aromatic heterocycles. The fourth-order valence-corrected chi connectivity index (χ4v) is 1.66. The van der Waals surface area contributed by atoms with Gasteiger partial charge in [-0.1, -0.05) is 24.3 Å². The normalized spacial score (nSPS) is 10.6. The minimum absolute atomic E-state index is 0.451. The van der Waals surface area contributed by atoms with Crippen LogP contribution in [0.3, 0.4) is 0 Å². The molecule has 0 radical (unpaired) electrons. The summed E-state index contributed by atoms with van der Waals surface area (Å²) in [4.78, 5) is 14.7. The van der Waals surface area contributed by atoms with Crippen LogP contribution in [0.5, 0.6) is 0 Å². The van der Waals surface area contributed by atoms with Gasteiger partial charge in [0.25, 0.3) is 0 Å². The molecular formula is C13H9NO3. The minimum atomic E-state index is -0.730. The Hall–Kier alpha value is -2.49. The van der Waals surface area contributed by atoms with Crippen LogP contribution in [0.25, 0.3) is 22.2 Å². The highest BCUT2D eigenvalue weighted by atomic mass is 16.5. The van der Waals surface area contributed by atoms with Crippen molar-refractivity contribution < 1.29 is 8.83 Å². The first-order chi connectivity index (χ1) is 8.33. The zero-order valence-electron chi connectivity index (χ0n) is 8.84. The molecule has 0 bridgehead atoms. The fraction of sp³-hybridized carbons (Fsp3) is 0. The number of rotatable bonds is 0. The van der Waals surface area contributed by atoms with Gasteiger partial charge in [-0.3, -0.25) is 0 Å². The molecule has 0 spiro atoms. The summed E-state index contributed by atoms with van der Waals surface area (Å²) in [5.41, 5.74) is 2.37. The quantitative estimate of drug-likeness (QED) is 0.642. The average Bonchev–Trinajstić information content (AvgIpc) is 2.31. The third kappa shape index (κ3) is 1.80. The van der Waals surface area contributed by atoms with E-state index in [2.05, 4.69) is 4.98 Å². The molecule has 0 aliphatic rings. The molecule has 0 atom stereocenters. The van der Waals surface area contributed by atoms with E-state index < -0.39 is 5.82 Å². The van der Waals surface area contributed by atoms with Crippen molar-refractivity contribution >= 4 is 22.2 Å². The summed E-state index contributed by atoms with van der Waals surface area (Å²) in [6.07, 6.45) is 0. The van der Waals surface area contributed by atoms with E-state index in [1.54, 1.807) is 24.3 Å². The molecule has 4 heteroatoms. The predicted octanol–water partition coefficient (Wildman–Crippen LogP) is 2.99. The third-order valence-corrected chi connectivity index (χ3v) is 2.43. The number of hydrogen-bond acceptors (Lipinski definition) is 3. The van der Waals surface area contributed by atoms with Gasteiger partial charge in [0, 0.05) is 0 Å². The number of benzene rings is 2. The van der Waals surface area contributed by atoms with Crippen molar-refractivity contribution in [2.24, 2.45) is 0 Å². The second-order valence-electron chi connectivity index (χ2n) is 3.57. The SMILES string of the molecule is O=c1oc2ccccc2[nH]c2ccccc2o1. The topological polar surface area (TPSA) is 59.1 Å². The molecule has 3 rings (SSSR count).